The SMILES string of the molecule is CCC(C)N(CC)c1c(F)cc(CO)cc1F. The van der Waals surface area contributed by atoms with Gasteiger partial charge in [-0.15, -0.1) is 0 Å². The van der Waals surface area contributed by atoms with Crippen LogP contribution in [0.3, 0.4) is 0 Å². The molecule has 1 unspecified atom stereocenters. The maximum Gasteiger partial charge on any atom is 0.149 e. The molecule has 0 heterocycles. The summed E-state index contributed by atoms with van der Waals surface area (Å²) in [6, 6.07) is 2.44. The van der Waals surface area contributed by atoms with Crippen molar-refractivity contribution in [2.45, 2.75) is 39.8 Å². The number of aliphatic hydroxyl groups is 1. The van der Waals surface area contributed by atoms with Crippen LogP contribution in [0.1, 0.15) is 32.8 Å². The second-order valence-corrected chi connectivity index (χ2v) is 4.11. The first-order valence-electron chi connectivity index (χ1n) is 5.90. The minimum atomic E-state index is -0.615. The number of benzene rings is 1. The number of halogens is 2. The Morgan fingerprint density at radius 3 is 2.12 bits per heavy atom. The van der Waals surface area contributed by atoms with Gasteiger partial charge in [0.15, 0.2) is 0 Å². The molecule has 96 valence electrons. The quantitative estimate of drug-likeness (QED) is 0.859. The maximum absolute atomic E-state index is 13.8. The summed E-state index contributed by atoms with van der Waals surface area (Å²) in [5, 5.41) is 8.88. The molecule has 2 nitrogen and oxygen atoms in total. The summed E-state index contributed by atoms with van der Waals surface area (Å²) in [6.45, 7) is 5.96. The van der Waals surface area contributed by atoms with Crippen LogP contribution in [0, 0.1) is 11.6 Å². The predicted molar refractivity (Wildman–Crippen MR) is 65.1 cm³/mol. The topological polar surface area (TPSA) is 23.5 Å². The number of hydrogen-bond donors (Lipinski definition) is 1. The van der Waals surface area contributed by atoms with E-state index in [4.69, 9.17) is 5.11 Å². The number of rotatable bonds is 5. The van der Waals surface area contributed by atoms with Crippen LogP contribution in [0.2, 0.25) is 0 Å². The summed E-state index contributed by atoms with van der Waals surface area (Å²) in [7, 11) is 0. The Morgan fingerprint density at radius 2 is 1.76 bits per heavy atom. The van der Waals surface area contributed by atoms with Gasteiger partial charge in [0.1, 0.15) is 17.3 Å². The van der Waals surface area contributed by atoms with Crippen LogP contribution in [0.5, 0.6) is 0 Å². The Balaban J connectivity index is 3.20. The Hall–Kier alpha value is -1.16. The summed E-state index contributed by atoms with van der Waals surface area (Å²) in [5.74, 6) is -1.23. The molecule has 0 saturated heterocycles. The van der Waals surface area contributed by atoms with Crippen LogP contribution in [-0.4, -0.2) is 17.7 Å². The Bertz CT molecular complexity index is 359. The minimum Gasteiger partial charge on any atom is -0.392 e. The average Bonchev–Trinajstić information content (AvgIpc) is 2.32. The third-order valence-electron chi connectivity index (χ3n) is 3.01. The molecule has 4 heteroatoms. The van der Waals surface area contributed by atoms with Gasteiger partial charge in [0.25, 0.3) is 0 Å². The fourth-order valence-corrected chi connectivity index (χ4v) is 1.89. The smallest absolute Gasteiger partial charge is 0.149 e. The van der Waals surface area contributed by atoms with Gasteiger partial charge in [-0.05, 0) is 38.0 Å². The normalized spacial score (nSPS) is 12.6. The standard InChI is InChI=1S/C13H19F2NO/c1-4-9(3)16(5-2)13-11(14)6-10(8-17)7-12(13)15/h6-7,9,17H,4-5,8H2,1-3H3. The van der Waals surface area contributed by atoms with Crippen LogP contribution in [0.4, 0.5) is 14.5 Å². The van der Waals surface area contributed by atoms with Gasteiger partial charge in [-0.2, -0.15) is 0 Å². The molecule has 1 N–H and O–H groups in total. The van der Waals surface area contributed by atoms with Crippen molar-refractivity contribution in [1.82, 2.24) is 0 Å². The lowest BCUT2D eigenvalue weighted by Crippen LogP contribution is -2.33. The molecule has 0 aliphatic heterocycles. The summed E-state index contributed by atoms with van der Waals surface area (Å²) in [6.07, 6.45) is 0.814. The lowest BCUT2D eigenvalue weighted by molar-refractivity contribution is 0.280. The lowest BCUT2D eigenvalue weighted by Gasteiger charge is -2.30. The minimum absolute atomic E-state index is 0.000880. The van der Waals surface area contributed by atoms with Crippen molar-refractivity contribution in [2.75, 3.05) is 11.4 Å². The molecule has 0 amide bonds. The molecule has 0 fully saturated rings. The molecule has 0 spiro atoms. The second-order valence-electron chi connectivity index (χ2n) is 4.11. The maximum atomic E-state index is 13.8. The summed E-state index contributed by atoms with van der Waals surface area (Å²) < 4.78 is 27.7. The van der Waals surface area contributed by atoms with Crippen LogP contribution >= 0.6 is 0 Å². The zero-order chi connectivity index (χ0) is 13.0. The van der Waals surface area contributed by atoms with Crippen LogP contribution in [-0.2, 0) is 6.61 Å². The highest BCUT2D eigenvalue weighted by atomic mass is 19.1. The predicted octanol–water partition coefficient (Wildman–Crippen LogP) is 3.08. The first-order chi connectivity index (χ1) is 8.04. The lowest BCUT2D eigenvalue weighted by atomic mass is 10.1. The Morgan fingerprint density at radius 1 is 1.24 bits per heavy atom. The van der Waals surface area contributed by atoms with Crippen molar-refractivity contribution in [3.05, 3.63) is 29.3 Å². The van der Waals surface area contributed by atoms with Crippen LogP contribution in [0.15, 0.2) is 12.1 Å². The fraction of sp³-hybridized carbons (Fsp3) is 0.538. The van der Waals surface area contributed by atoms with Gasteiger partial charge in [-0.25, -0.2) is 8.78 Å². The molecule has 1 aromatic rings. The molecule has 1 rings (SSSR count). The first kappa shape index (κ1) is 13.9. The molecule has 0 bridgehead atoms. The van der Waals surface area contributed by atoms with Crippen molar-refractivity contribution >= 4 is 5.69 Å². The van der Waals surface area contributed by atoms with Gasteiger partial charge < -0.3 is 10.0 Å². The van der Waals surface area contributed by atoms with E-state index in [0.717, 1.165) is 6.42 Å². The van der Waals surface area contributed by atoms with Crippen molar-refractivity contribution in [1.29, 1.82) is 0 Å². The first-order valence-corrected chi connectivity index (χ1v) is 5.90. The summed E-state index contributed by atoms with van der Waals surface area (Å²) in [5.41, 5.74) is 0.253. The monoisotopic (exact) mass is 243 g/mol. The second kappa shape index (κ2) is 5.96. The van der Waals surface area contributed by atoms with E-state index in [0.29, 0.717) is 6.54 Å². The fourth-order valence-electron chi connectivity index (χ4n) is 1.89. The highest BCUT2D eigenvalue weighted by molar-refractivity contribution is 5.51. The van der Waals surface area contributed by atoms with E-state index in [1.165, 1.54) is 12.1 Å². The number of anilines is 1. The van der Waals surface area contributed by atoms with E-state index in [2.05, 4.69) is 0 Å². The van der Waals surface area contributed by atoms with E-state index in [9.17, 15) is 8.78 Å². The Labute approximate surface area is 101 Å². The average molecular weight is 243 g/mol. The van der Waals surface area contributed by atoms with Gasteiger partial charge in [0, 0.05) is 12.6 Å². The molecule has 0 aliphatic carbocycles. The van der Waals surface area contributed by atoms with E-state index in [-0.39, 0.29) is 23.9 Å². The number of nitrogens with zero attached hydrogens (tertiary/aromatic N) is 1. The van der Waals surface area contributed by atoms with E-state index in [1.807, 2.05) is 20.8 Å². The van der Waals surface area contributed by atoms with Crippen molar-refractivity contribution < 1.29 is 13.9 Å². The zero-order valence-corrected chi connectivity index (χ0v) is 10.5. The third-order valence-corrected chi connectivity index (χ3v) is 3.01. The third kappa shape index (κ3) is 2.94. The van der Waals surface area contributed by atoms with E-state index < -0.39 is 11.6 Å². The van der Waals surface area contributed by atoms with Crippen LogP contribution < -0.4 is 4.90 Å². The largest absolute Gasteiger partial charge is 0.392 e. The van der Waals surface area contributed by atoms with Gasteiger partial charge in [-0.1, -0.05) is 6.92 Å². The highest BCUT2D eigenvalue weighted by Crippen LogP contribution is 2.27. The molecule has 0 aliphatic rings. The van der Waals surface area contributed by atoms with E-state index >= 15 is 0 Å². The number of hydrogen-bond acceptors (Lipinski definition) is 2. The zero-order valence-electron chi connectivity index (χ0n) is 10.5. The van der Waals surface area contributed by atoms with Gasteiger partial charge in [0.2, 0.25) is 0 Å². The molecule has 1 atom stereocenters. The summed E-state index contributed by atoms with van der Waals surface area (Å²) in [4.78, 5) is 1.70. The van der Waals surface area contributed by atoms with Crippen molar-refractivity contribution in [3.8, 4) is 0 Å². The van der Waals surface area contributed by atoms with Gasteiger partial charge in [0.05, 0.1) is 6.61 Å². The van der Waals surface area contributed by atoms with Crippen molar-refractivity contribution in [3.63, 3.8) is 0 Å². The van der Waals surface area contributed by atoms with E-state index in [1.54, 1.807) is 4.90 Å². The molecule has 1 aromatic carbocycles. The highest BCUT2D eigenvalue weighted by Gasteiger charge is 2.20. The molecule has 0 aromatic heterocycles. The van der Waals surface area contributed by atoms with Gasteiger partial charge >= 0.3 is 0 Å². The van der Waals surface area contributed by atoms with Crippen LogP contribution in [0.25, 0.3) is 0 Å². The summed E-state index contributed by atoms with van der Waals surface area (Å²) >= 11 is 0. The Kier molecular flexibility index (Phi) is 4.87. The molecule has 17 heavy (non-hydrogen) atoms. The number of aliphatic hydroxyl groups excluding tert-OH is 1. The molecular formula is C13H19F2NO. The van der Waals surface area contributed by atoms with Crippen molar-refractivity contribution in [2.24, 2.45) is 0 Å². The molecular weight excluding hydrogens is 224 g/mol. The molecule has 0 saturated carbocycles. The molecule has 0 radical (unpaired) electrons. The van der Waals surface area contributed by atoms with Gasteiger partial charge in [-0.3, -0.25) is 0 Å².